The van der Waals surface area contributed by atoms with Crippen LogP contribution in [-0.4, -0.2) is 20.4 Å². The number of nitrogens with zero attached hydrogens (tertiary/aromatic N) is 3. The normalized spacial score (nSPS) is 10.9. The highest BCUT2D eigenvalue weighted by molar-refractivity contribution is 5.97. The van der Waals surface area contributed by atoms with Gasteiger partial charge in [0.15, 0.2) is 0 Å². The average molecular weight is 478 g/mol. The number of carbonyl (C=O) groups excluding carboxylic acids is 1. The molecule has 1 amide bonds. The summed E-state index contributed by atoms with van der Waals surface area (Å²) in [4.78, 5) is 33.6. The van der Waals surface area contributed by atoms with Gasteiger partial charge in [0.25, 0.3) is 11.5 Å². The van der Waals surface area contributed by atoms with E-state index in [0.717, 1.165) is 11.1 Å². The van der Waals surface area contributed by atoms with Crippen LogP contribution in [0.25, 0.3) is 11.0 Å². The Labute approximate surface area is 208 Å². The third-order valence-corrected chi connectivity index (χ3v) is 6.08. The van der Waals surface area contributed by atoms with Gasteiger partial charge in [-0.05, 0) is 35.4 Å². The Morgan fingerprint density at radius 2 is 1.42 bits per heavy atom. The minimum atomic E-state index is -0.499. The molecule has 0 aliphatic rings. The lowest BCUT2D eigenvalue weighted by molar-refractivity contribution is 0.0728. The molecule has 6 heteroatoms. The predicted molar refractivity (Wildman–Crippen MR) is 138 cm³/mol. The molecular weight excluding hydrogens is 453 g/mol. The standard InChI is InChI=1S/C30H24FN3O2/c31-27-16-8-7-14-25(27)21-34-28-24(15-9-17-32-28)18-26(30(34)36)29(35)33(19-22-10-3-1-4-11-22)20-23-12-5-2-6-13-23/h1-18H,19-21H2. The third-order valence-electron chi connectivity index (χ3n) is 6.08. The van der Waals surface area contributed by atoms with E-state index in [-0.39, 0.29) is 18.0 Å². The quantitative estimate of drug-likeness (QED) is 0.314. The summed E-state index contributed by atoms with van der Waals surface area (Å²) in [6.07, 6.45) is 1.58. The Bertz CT molecular complexity index is 1520. The van der Waals surface area contributed by atoms with Gasteiger partial charge in [-0.2, -0.15) is 0 Å². The number of halogens is 1. The summed E-state index contributed by atoms with van der Waals surface area (Å²) >= 11 is 0. The van der Waals surface area contributed by atoms with Crippen LogP contribution in [0.3, 0.4) is 0 Å². The maximum atomic E-state index is 14.5. The molecule has 3 aromatic carbocycles. The van der Waals surface area contributed by atoms with Crippen molar-refractivity contribution in [3.63, 3.8) is 0 Å². The molecule has 0 bridgehead atoms. The van der Waals surface area contributed by atoms with Gasteiger partial charge in [-0.1, -0.05) is 78.9 Å². The minimum Gasteiger partial charge on any atom is -0.330 e. The first-order valence-corrected chi connectivity index (χ1v) is 11.7. The fourth-order valence-electron chi connectivity index (χ4n) is 4.28. The molecule has 0 spiro atoms. The largest absolute Gasteiger partial charge is 0.330 e. The molecular formula is C30H24FN3O2. The van der Waals surface area contributed by atoms with Crippen molar-refractivity contribution in [2.24, 2.45) is 0 Å². The van der Waals surface area contributed by atoms with Gasteiger partial charge in [-0.25, -0.2) is 9.37 Å². The van der Waals surface area contributed by atoms with Crippen molar-refractivity contribution in [2.45, 2.75) is 19.6 Å². The van der Waals surface area contributed by atoms with E-state index in [1.54, 1.807) is 47.5 Å². The highest BCUT2D eigenvalue weighted by Crippen LogP contribution is 2.18. The molecule has 178 valence electrons. The molecule has 0 N–H and O–H groups in total. The van der Waals surface area contributed by atoms with Gasteiger partial charge in [0.1, 0.15) is 17.0 Å². The molecule has 36 heavy (non-hydrogen) atoms. The van der Waals surface area contributed by atoms with E-state index in [1.165, 1.54) is 10.6 Å². The van der Waals surface area contributed by atoms with Crippen molar-refractivity contribution in [3.8, 4) is 0 Å². The molecule has 0 unspecified atom stereocenters. The number of pyridine rings is 2. The number of hydrogen-bond donors (Lipinski definition) is 0. The van der Waals surface area contributed by atoms with E-state index in [2.05, 4.69) is 4.98 Å². The fourth-order valence-corrected chi connectivity index (χ4v) is 4.28. The van der Waals surface area contributed by atoms with Crippen LogP contribution in [0.1, 0.15) is 27.0 Å². The maximum absolute atomic E-state index is 14.5. The summed E-state index contributed by atoms with van der Waals surface area (Å²) in [7, 11) is 0. The summed E-state index contributed by atoms with van der Waals surface area (Å²) in [5.41, 5.74) is 2.19. The highest BCUT2D eigenvalue weighted by atomic mass is 19.1. The van der Waals surface area contributed by atoms with Gasteiger partial charge in [0.05, 0.1) is 6.54 Å². The van der Waals surface area contributed by atoms with Crippen LogP contribution in [-0.2, 0) is 19.6 Å². The van der Waals surface area contributed by atoms with Gasteiger partial charge >= 0.3 is 0 Å². The Balaban J connectivity index is 1.60. The van der Waals surface area contributed by atoms with Crippen molar-refractivity contribution in [2.75, 3.05) is 0 Å². The Morgan fingerprint density at radius 3 is 2.06 bits per heavy atom. The molecule has 0 radical (unpaired) electrons. The monoisotopic (exact) mass is 477 g/mol. The zero-order chi connectivity index (χ0) is 24.9. The Kier molecular flexibility index (Phi) is 6.67. The molecule has 0 saturated heterocycles. The number of amides is 1. The SMILES string of the molecule is O=C(c1cc2cccnc2n(Cc2ccccc2F)c1=O)N(Cc1ccccc1)Cc1ccccc1. The smallest absolute Gasteiger partial charge is 0.265 e. The molecule has 5 rings (SSSR count). The zero-order valence-electron chi connectivity index (χ0n) is 19.5. The van der Waals surface area contributed by atoms with Crippen molar-refractivity contribution in [1.29, 1.82) is 0 Å². The minimum absolute atomic E-state index is 0.0266. The van der Waals surface area contributed by atoms with Crippen LogP contribution in [0, 0.1) is 5.82 Å². The molecule has 2 aromatic heterocycles. The summed E-state index contributed by atoms with van der Waals surface area (Å²) < 4.78 is 15.8. The van der Waals surface area contributed by atoms with E-state index >= 15 is 0 Å². The topological polar surface area (TPSA) is 55.2 Å². The molecule has 2 heterocycles. The van der Waals surface area contributed by atoms with Gasteiger partial charge in [0.2, 0.25) is 0 Å². The Hall–Kier alpha value is -4.58. The number of aromatic nitrogens is 2. The maximum Gasteiger partial charge on any atom is 0.265 e. The average Bonchev–Trinajstić information content (AvgIpc) is 2.91. The number of fused-ring (bicyclic) bond motifs is 1. The molecule has 0 aliphatic carbocycles. The summed E-state index contributed by atoms with van der Waals surface area (Å²) in [5.74, 6) is -0.805. The predicted octanol–water partition coefficient (Wildman–Crippen LogP) is 5.43. The summed E-state index contributed by atoms with van der Waals surface area (Å²) in [5, 5.41) is 0.635. The first-order valence-electron chi connectivity index (χ1n) is 11.7. The number of hydrogen-bond acceptors (Lipinski definition) is 3. The number of carbonyl (C=O) groups is 1. The summed E-state index contributed by atoms with van der Waals surface area (Å²) in [6.45, 7) is 0.649. The van der Waals surface area contributed by atoms with E-state index in [0.29, 0.717) is 29.7 Å². The molecule has 5 nitrogen and oxygen atoms in total. The lowest BCUT2D eigenvalue weighted by Crippen LogP contribution is -2.36. The highest BCUT2D eigenvalue weighted by Gasteiger charge is 2.23. The second-order valence-electron chi connectivity index (χ2n) is 8.59. The zero-order valence-corrected chi connectivity index (χ0v) is 19.5. The molecule has 0 saturated carbocycles. The van der Waals surface area contributed by atoms with Crippen molar-refractivity contribution < 1.29 is 9.18 Å². The van der Waals surface area contributed by atoms with Crippen LogP contribution in [0.2, 0.25) is 0 Å². The van der Waals surface area contributed by atoms with Crippen molar-refractivity contribution in [1.82, 2.24) is 14.5 Å². The van der Waals surface area contributed by atoms with E-state index in [9.17, 15) is 14.0 Å². The first-order chi connectivity index (χ1) is 17.6. The van der Waals surface area contributed by atoms with Crippen LogP contribution in [0.4, 0.5) is 4.39 Å². The third kappa shape index (κ3) is 4.93. The van der Waals surface area contributed by atoms with E-state index < -0.39 is 11.4 Å². The Morgan fingerprint density at radius 1 is 0.806 bits per heavy atom. The summed E-state index contributed by atoms with van der Waals surface area (Å²) in [6, 6.07) is 30.8. The van der Waals surface area contributed by atoms with Crippen LogP contribution >= 0.6 is 0 Å². The van der Waals surface area contributed by atoms with Gasteiger partial charge in [-0.3, -0.25) is 14.2 Å². The second kappa shape index (κ2) is 10.4. The molecule has 0 fully saturated rings. The van der Waals surface area contributed by atoms with Crippen LogP contribution < -0.4 is 5.56 Å². The van der Waals surface area contributed by atoms with E-state index in [1.807, 2.05) is 60.7 Å². The first kappa shape index (κ1) is 23.2. The second-order valence-corrected chi connectivity index (χ2v) is 8.59. The van der Waals surface area contributed by atoms with Crippen LogP contribution in [0.5, 0.6) is 0 Å². The van der Waals surface area contributed by atoms with E-state index in [4.69, 9.17) is 0 Å². The fraction of sp³-hybridized carbons (Fsp3) is 0.100. The number of benzene rings is 3. The van der Waals surface area contributed by atoms with Crippen molar-refractivity contribution >= 4 is 16.9 Å². The van der Waals surface area contributed by atoms with Gasteiger partial charge in [-0.15, -0.1) is 0 Å². The lowest BCUT2D eigenvalue weighted by atomic mass is 10.1. The molecule has 0 aliphatic heterocycles. The van der Waals surface area contributed by atoms with Gasteiger partial charge in [0, 0.05) is 30.2 Å². The number of rotatable bonds is 7. The van der Waals surface area contributed by atoms with Crippen molar-refractivity contribution in [3.05, 3.63) is 148 Å². The van der Waals surface area contributed by atoms with Crippen LogP contribution in [0.15, 0.2) is 114 Å². The lowest BCUT2D eigenvalue weighted by Gasteiger charge is -2.24. The molecule has 5 aromatic rings. The molecule has 0 atom stereocenters. The van der Waals surface area contributed by atoms with Gasteiger partial charge < -0.3 is 4.90 Å².